The molecule has 2 aromatic heterocycles. The van der Waals surface area contributed by atoms with Crippen LogP contribution in [0.2, 0.25) is 0 Å². The largest absolute Gasteiger partial charge is 0.455 e. The van der Waals surface area contributed by atoms with Crippen molar-refractivity contribution >= 4 is 60.9 Å². The van der Waals surface area contributed by atoms with Crippen molar-refractivity contribution in [2.75, 3.05) is 4.90 Å². The van der Waals surface area contributed by atoms with Crippen LogP contribution in [-0.4, -0.2) is 0 Å². The van der Waals surface area contributed by atoms with E-state index in [2.05, 4.69) is 220 Å². The van der Waals surface area contributed by atoms with E-state index in [9.17, 15) is 0 Å². The van der Waals surface area contributed by atoms with Crippen LogP contribution in [0.1, 0.15) is 103 Å². The highest BCUT2D eigenvalue weighted by molar-refractivity contribution is 6.15. The number of hydrogen-bond acceptors (Lipinski definition) is 3. The molecule has 0 aliphatic heterocycles. The third-order valence-electron chi connectivity index (χ3n) is 15.0. The standard InChI is InChI=1S/C62H55NO2/c1-59(2,3)37-33-46-45-31-32-49-55(58(45)65-57(46)51(34-37)60(4,5)6)54-48(62(49,9)10)22-16-23-52(54)63(39-29-30-42-41-17-11-13-21-47(41)61(7,8)50(42)35-39)38-27-25-36(26-28-38)40-19-15-20-44-43-18-12-14-24-53(43)64-56(40)44/h11-35H,1-10H3. The average molecular weight is 846 g/mol. The number of nitrogens with zero attached hydrogens (tertiary/aromatic N) is 1. The molecule has 0 radical (unpaired) electrons. The Hall–Kier alpha value is -6.84. The van der Waals surface area contributed by atoms with Gasteiger partial charge in [-0.05, 0) is 97.8 Å². The summed E-state index contributed by atoms with van der Waals surface area (Å²) in [5.41, 5.74) is 21.7. The molecule has 0 spiro atoms. The van der Waals surface area contributed by atoms with E-state index in [1.165, 1.54) is 66.4 Å². The van der Waals surface area contributed by atoms with Crippen molar-refractivity contribution in [1.82, 2.24) is 0 Å². The third-order valence-corrected chi connectivity index (χ3v) is 15.0. The zero-order valence-electron chi connectivity index (χ0n) is 39.2. The molecule has 10 aromatic rings. The van der Waals surface area contributed by atoms with Crippen molar-refractivity contribution < 1.29 is 8.83 Å². The van der Waals surface area contributed by atoms with Gasteiger partial charge in [0.15, 0.2) is 0 Å². The van der Waals surface area contributed by atoms with Gasteiger partial charge in [-0.2, -0.15) is 0 Å². The van der Waals surface area contributed by atoms with Gasteiger partial charge in [0, 0.05) is 66.0 Å². The zero-order valence-corrected chi connectivity index (χ0v) is 39.2. The molecule has 8 aromatic carbocycles. The molecule has 65 heavy (non-hydrogen) atoms. The predicted molar refractivity (Wildman–Crippen MR) is 274 cm³/mol. The Kier molecular flexibility index (Phi) is 8.17. The lowest BCUT2D eigenvalue weighted by Crippen LogP contribution is -2.17. The molecule has 2 aliphatic rings. The number of anilines is 3. The van der Waals surface area contributed by atoms with Crippen molar-refractivity contribution in [2.45, 2.75) is 90.9 Å². The molecule has 0 N–H and O–H groups in total. The molecule has 0 unspecified atom stereocenters. The first-order valence-corrected chi connectivity index (χ1v) is 23.3. The molecule has 320 valence electrons. The molecule has 3 nitrogen and oxygen atoms in total. The quantitative estimate of drug-likeness (QED) is 0.177. The third kappa shape index (κ3) is 5.67. The molecule has 2 aliphatic carbocycles. The monoisotopic (exact) mass is 845 g/mol. The van der Waals surface area contributed by atoms with Crippen LogP contribution < -0.4 is 4.90 Å². The van der Waals surface area contributed by atoms with Crippen molar-refractivity contribution in [3.8, 4) is 33.4 Å². The topological polar surface area (TPSA) is 29.5 Å². The van der Waals surface area contributed by atoms with E-state index in [-0.39, 0.29) is 21.7 Å². The maximum absolute atomic E-state index is 7.33. The zero-order chi connectivity index (χ0) is 44.9. The van der Waals surface area contributed by atoms with Gasteiger partial charge in [-0.1, -0.05) is 178 Å². The van der Waals surface area contributed by atoms with E-state index >= 15 is 0 Å². The molecule has 0 fully saturated rings. The number of para-hydroxylation sites is 2. The van der Waals surface area contributed by atoms with Gasteiger partial charge in [0.2, 0.25) is 0 Å². The predicted octanol–water partition coefficient (Wildman–Crippen LogP) is 17.8. The van der Waals surface area contributed by atoms with Crippen LogP contribution in [0.25, 0.3) is 77.3 Å². The van der Waals surface area contributed by atoms with Crippen LogP contribution in [0, 0.1) is 0 Å². The van der Waals surface area contributed by atoms with Gasteiger partial charge >= 0.3 is 0 Å². The molecular weight excluding hydrogens is 791 g/mol. The minimum absolute atomic E-state index is 0.0172. The average Bonchev–Trinajstić information content (AvgIpc) is 3.99. The van der Waals surface area contributed by atoms with Crippen LogP contribution in [0.15, 0.2) is 160 Å². The Bertz CT molecular complexity index is 3610. The van der Waals surface area contributed by atoms with Crippen molar-refractivity contribution in [3.05, 3.63) is 185 Å². The van der Waals surface area contributed by atoms with E-state index in [4.69, 9.17) is 8.83 Å². The van der Waals surface area contributed by atoms with E-state index in [1.54, 1.807) is 0 Å². The summed E-state index contributed by atoms with van der Waals surface area (Å²) in [7, 11) is 0. The summed E-state index contributed by atoms with van der Waals surface area (Å²) in [6.45, 7) is 23.3. The number of rotatable bonds is 4. The first kappa shape index (κ1) is 39.7. The normalized spacial score (nSPS) is 14.9. The fourth-order valence-electron chi connectivity index (χ4n) is 11.4. The fraction of sp³-hybridized carbons (Fsp3) is 0.226. The van der Waals surface area contributed by atoms with Gasteiger partial charge in [0.1, 0.15) is 22.3 Å². The van der Waals surface area contributed by atoms with Crippen LogP contribution in [-0.2, 0) is 21.7 Å². The molecular formula is C62H55NO2. The molecule has 2 heterocycles. The smallest absolute Gasteiger partial charge is 0.143 e. The van der Waals surface area contributed by atoms with Gasteiger partial charge in [0.05, 0.1) is 5.69 Å². The summed E-state index contributed by atoms with van der Waals surface area (Å²) >= 11 is 0. The summed E-state index contributed by atoms with van der Waals surface area (Å²) < 4.78 is 13.9. The lowest BCUT2D eigenvalue weighted by atomic mass is 9.79. The van der Waals surface area contributed by atoms with E-state index < -0.39 is 0 Å². The number of fused-ring (bicyclic) bond motifs is 13. The molecule has 0 amide bonds. The van der Waals surface area contributed by atoms with Gasteiger partial charge in [-0.15, -0.1) is 0 Å². The highest BCUT2D eigenvalue weighted by Gasteiger charge is 2.42. The molecule has 12 rings (SSSR count). The van der Waals surface area contributed by atoms with Crippen LogP contribution in [0.5, 0.6) is 0 Å². The first-order valence-electron chi connectivity index (χ1n) is 23.3. The lowest BCUT2D eigenvalue weighted by molar-refractivity contribution is 0.559. The summed E-state index contributed by atoms with van der Waals surface area (Å²) in [5.74, 6) is 0. The molecule has 0 atom stereocenters. The minimum Gasteiger partial charge on any atom is -0.455 e. The van der Waals surface area contributed by atoms with Crippen LogP contribution in [0.4, 0.5) is 17.1 Å². The molecule has 0 bridgehead atoms. The van der Waals surface area contributed by atoms with Gasteiger partial charge in [-0.25, -0.2) is 0 Å². The second-order valence-electron chi connectivity index (χ2n) is 21.8. The van der Waals surface area contributed by atoms with Crippen LogP contribution in [0.3, 0.4) is 0 Å². The Morgan fingerprint density at radius 1 is 0.415 bits per heavy atom. The SMILES string of the molecule is CC(C)(C)c1cc(C(C)(C)C)c2oc3c4c(ccc3c2c1)C(C)(C)c1cccc(N(c2ccc(-c3cccc5c3oc3ccccc35)cc2)c2ccc3c(c2)C(C)(C)c2ccccc2-3)c1-4. The Balaban J connectivity index is 1.11. The minimum atomic E-state index is -0.264. The van der Waals surface area contributed by atoms with E-state index in [0.29, 0.717) is 0 Å². The highest BCUT2D eigenvalue weighted by atomic mass is 16.3. The summed E-state index contributed by atoms with van der Waals surface area (Å²) in [4.78, 5) is 2.49. The summed E-state index contributed by atoms with van der Waals surface area (Å²) in [6, 6.07) is 56.3. The fourth-order valence-corrected chi connectivity index (χ4v) is 11.4. The van der Waals surface area contributed by atoms with Gasteiger partial charge < -0.3 is 13.7 Å². The molecule has 0 saturated heterocycles. The lowest BCUT2D eigenvalue weighted by Gasteiger charge is -2.30. The highest BCUT2D eigenvalue weighted by Crippen LogP contribution is 2.58. The number of furan rings is 2. The van der Waals surface area contributed by atoms with Crippen molar-refractivity contribution in [2.24, 2.45) is 0 Å². The second kappa shape index (κ2) is 13.4. The van der Waals surface area contributed by atoms with E-state index in [0.717, 1.165) is 61.3 Å². The Morgan fingerprint density at radius 3 is 1.83 bits per heavy atom. The van der Waals surface area contributed by atoms with Crippen molar-refractivity contribution in [1.29, 1.82) is 0 Å². The first-order chi connectivity index (χ1) is 31.0. The van der Waals surface area contributed by atoms with E-state index in [1.807, 2.05) is 6.07 Å². The maximum atomic E-state index is 7.33. The van der Waals surface area contributed by atoms with Gasteiger partial charge in [0.25, 0.3) is 0 Å². The van der Waals surface area contributed by atoms with Gasteiger partial charge in [-0.3, -0.25) is 0 Å². The number of benzene rings is 8. The van der Waals surface area contributed by atoms with Crippen molar-refractivity contribution in [3.63, 3.8) is 0 Å². The Morgan fingerprint density at radius 2 is 1.05 bits per heavy atom. The molecule has 0 saturated carbocycles. The van der Waals surface area contributed by atoms with Crippen LogP contribution >= 0.6 is 0 Å². The summed E-state index contributed by atoms with van der Waals surface area (Å²) in [6.07, 6.45) is 0. The number of hydrogen-bond donors (Lipinski definition) is 0. The maximum Gasteiger partial charge on any atom is 0.143 e. The Labute approximate surface area is 382 Å². The summed E-state index contributed by atoms with van der Waals surface area (Å²) in [5, 5.41) is 4.63. The molecule has 3 heteroatoms. The second-order valence-corrected chi connectivity index (χ2v) is 21.8.